The summed E-state index contributed by atoms with van der Waals surface area (Å²) in [6.45, 7) is 0. The molecule has 0 N–H and O–H groups in total. The Balaban J connectivity index is 0.000000653. The minimum atomic E-state index is 0. The Morgan fingerprint density at radius 3 is 0.923 bits per heavy atom. The number of hydrogen-bond acceptors (Lipinski definition) is 0. The largest absolute Gasteiger partial charge is 0.0616 e. The van der Waals surface area contributed by atoms with Crippen LogP contribution in [-0.2, 0) is 21.1 Å². The summed E-state index contributed by atoms with van der Waals surface area (Å²) in [5, 5.41) is 0. The molecule has 0 amide bonds. The molecule has 0 saturated carbocycles. The maximum atomic E-state index is 2.18. The summed E-state index contributed by atoms with van der Waals surface area (Å²) in [5.74, 6) is 0. The second-order valence-electron chi connectivity index (χ2n) is 3.09. The van der Waals surface area contributed by atoms with E-state index in [1.807, 2.05) is 0 Å². The normalized spacial score (nSPS) is 10.5. The standard InChI is InChI=1S/C12H8.Pt/c1-2-6-10-9(5-1)11-7-3-4-8-12(10)11;/h1-8H;. The van der Waals surface area contributed by atoms with Gasteiger partial charge in [-0.3, -0.25) is 0 Å². The van der Waals surface area contributed by atoms with Crippen LogP contribution in [0.3, 0.4) is 0 Å². The van der Waals surface area contributed by atoms with Gasteiger partial charge in [0.15, 0.2) is 0 Å². The Hall–Kier alpha value is -0.872. The zero-order chi connectivity index (χ0) is 7.97. The molecule has 0 bridgehead atoms. The predicted octanol–water partition coefficient (Wildman–Crippen LogP) is 3.33. The Labute approximate surface area is 91.9 Å². The van der Waals surface area contributed by atoms with Crippen LogP contribution in [0, 0.1) is 0 Å². The Morgan fingerprint density at radius 2 is 0.692 bits per heavy atom. The van der Waals surface area contributed by atoms with Crippen LogP contribution >= 0.6 is 0 Å². The molecule has 0 aromatic heterocycles. The maximum Gasteiger partial charge on any atom is 0 e. The van der Waals surface area contributed by atoms with Crippen molar-refractivity contribution in [1.82, 2.24) is 0 Å². The Bertz CT molecular complexity index is 346. The molecule has 0 saturated heterocycles. The summed E-state index contributed by atoms with van der Waals surface area (Å²) >= 11 is 0. The quantitative estimate of drug-likeness (QED) is 0.585. The van der Waals surface area contributed by atoms with Crippen LogP contribution in [0.1, 0.15) is 0 Å². The molecule has 0 fully saturated rings. The van der Waals surface area contributed by atoms with Crippen molar-refractivity contribution >= 4 is 0 Å². The molecule has 0 radical (unpaired) electrons. The molecule has 0 spiro atoms. The summed E-state index contributed by atoms with van der Waals surface area (Å²) < 4.78 is 0. The molecular formula is C12H8Pt. The number of fused-ring (bicyclic) bond motifs is 4. The van der Waals surface area contributed by atoms with Gasteiger partial charge in [-0.15, -0.1) is 0 Å². The number of benzene rings is 2. The van der Waals surface area contributed by atoms with Gasteiger partial charge in [-0.2, -0.15) is 0 Å². The van der Waals surface area contributed by atoms with E-state index < -0.39 is 0 Å². The minimum Gasteiger partial charge on any atom is -0.0616 e. The van der Waals surface area contributed by atoms with E-state index in [4.69, 9.17) is 0 Å². The van der Waals surface area contributed by atoms with Gasteiger partial charge in [0.1, 0.15) is 0 Å². The third-order valence-corrected chi connectivity index (χ3v) is 2.43. The zero-order valence-electron chi connectivity index (χ0n) is 6.94. The first-order chi connectivity index (χ1) is 5.97. The Morgan fingerprint density at radius 1 is 0.462 bits per heavy atom. The van der Waals surface area contributed by atoms with Crippen molar-refractivity contribution in [2.75, 3.05) is 0 Å². The van der Waals surface area contributed by atoms with Crippen molar-refractivity contribution in [1.29, 1.82) is 0 Å². The fourth-order valence-corrected chi connectivity index (χ4v) is 1.84. The molecule has 2 aromatic carbocycles. The summed E-state index contributed by atoms with van der Waals surface area (Å²) in [6, 6.07) is 17.1. The van der Waals surface area contributed by atoms with Gasteiger partial charge in [0.2, 0.25) is 0 Å². The molecule has 1 aliphatic carbocycles. The van der Waals surface area contributed by atoms with Gasteiger partial charge in [-0.25, -0.2) is 0 Å². The van der Waals surface area contributed by atoms with Crippen LogP contribution in [-0.4, -0.2) is 0 Å². The van der Waals surface area contributed by atoms with Crippen molar-refractivity contribution in [2.45, 2.75) is 0 Å². The van der Waals surface area contributed by atoms with E-state index in [1.54, 1.807) is 0 Å². The van der Waals surface area contributed by atoms with E-state index in [-0.39, 0.29) is 21.1 Å². The fraction of sp³-hybridized carbons (Fsp3) is 0. The molecule has 66 valence electrons. The second-order valence-corrected chi connectivity index (χ2v) is 3.09. The third kappa shape index (κ3) is 1.09. The van der Waals surface area contributed by atoms with Gasteiger partial charge in [-0.05, 0) is 22.3 Å². The molecular weight excluding hydrogens is 339 g/mol. The van der Waals surface area contributed by atoms with Gasteiger partial charge in [0.05, 0.1) is 0 Å². The first-order valence-electron chi connectivity index (χ1n) is 4.15. The summed E-state index contributed by atoms with van der Waals surface area (Å²) in [6.07, 6.45) is 0. The molecule has 13 heavy (non-hydrogen) atoms. The van der Waals surface area contributed by atoms with E-state index in [1.165, 1.54) is 22.3 Å². The zero-order valence-corrected chi connectivity index (χ0v) is 9.21. The number of rotatable bonds is 0. The van der Waals surface area contributed by atoms with Crippen LogP contribution in [0.15, 0.2) is 48.5 Å². The van der Waals surface area contributed by atoms with Gasteiger partial charge in [0.25, 0.3) is 0 Å². The molecule has 2 aromatic rings. The first kappa shape index (κ1) is 8.71. The smallest absolute Gasteiger partial charge is 0 e. The Kier molecular flexibility index (Phi) is 2.09. The SMILES string of the molecule is [Pt].c1ccc2c(c1)-c1ccccc1-2. The average molecular weight is 347 g/mol. The third-order valence-electron chi connectivity index (χ3n) is 2.43. The minimum absolute atomic E-state index is 0. The van der Waals surface area contributed by atoms with Gasteiger partial charge < -0.3 is 0 Å². The van der Waals surface area contributed by atoms with Gasteiger partial charge >= 0.3 is 0 Å². The maximum absolute atomic E-state index is 2.18. The average Bonchev–Trinajstić information content (AvgIpc) is 2.14. The molecule has 1 heteroatoms. The molecule has 3 rings (SSSR count). The molecule has 0 heterocycles. The fourth-order valence-electron chi connectivity index (χ4n) is 1.84. The van der Waals surface area contributed by atoms with Crippen LogP contribution in [0.5, 0.6) is 0 Å². The van der Waals surface area contributed by atoms with Crippen LogP contribution in [0.2, 0.25) is 0 Å². The van der Waals surface area contributed by atoms with Crippen molar-refractivity contribution in [3.8, 4) is 22.3 Å². The monoisotopic (exact) mass is 347 g/mol. The van der Waals surface area contributed by atoms with E-state index in [9.17, 15) is 0 Å². The second kappa shape index (κ2) is 3.12. The topological polar surface area (TPSA) is 0 Å². The molecule has 0 unspecified atom stereocenters. The van der Waals surface area contributed by atoms with Gasteiger partial charge in [0, 0.05) is 21.1 Å². The van der Waals surface area contributed by atoms with Crippen LogP contribution in [0.25, 0.3) is 22.3 Å². The van der Waals surface area contributed by atoms with E-state index in [0.29, 0.717) is 0 Å². The van der Waals surface area contributed by atoms with Crippen molar-refractivity contribution in [3.63, 3.8) is 0 Å². The summed E-state index contributed by atoms with van der Waals surface area (Å²) in [7, 11) is 0. The number of hydrogen-bond donors (Lipinski definition) is 0. The van der Waals surface area contributed by atoms with E-state index in [2.05, 4.69) is 48.5 Å². The predicted molar refractivity (Wildman–Crippen MR) is 50.9 cm³/mol. The van der Waals surface area contributed by atoms with Crippen molar-refractivity contribution in [3.05, 3.63) is 48.5 Å². The van der Waals surface area contributed by atoms with Gasteiger partial charge in [-0.1, -0.05) is 48.5 Å². The molecule has 0 aliphatic heterocycles. The summed E-state index contributed by atoms with van der Waals surface area (Å²) in [4.78, 5) is 0. The molecule has 0 atom stereocenters. The van der Waals surface area contributed by atoms with Crippen LogP contribution < -0.4 is 0 Å². The van der Waals surface area contributed by atoms with Crippen LogP contribution in [0.4, 0.5) is 0 Å². The van der Waals surface area contributed by atoms with Crippen molar-refractivity contribution in [2.24, 2.45) is 0 Å². The first-order valence-corrected chi connectivity index (χ1v) is 4.15. The van der Waals surface area contributed by atoms with Crippen molar-refractivity contribution < 1.29 is 21.1 Å². The summed E-state index contributed by atoms with van der Waals surface area (Å²) in [5.41, 5.74) is 5.59. The molecule has 1 aliphatic rings. The molecule has 0 nitrogen and oxygen atoms in total. The van der Waals surface area contributed by atoms with E-state index in [0.717, 1.165) is 0 Å². The van der Waals surface area contributed by atoms with E-state index >= 15 is 0 Å².